The summed E-state index contributed by atoms with van der Waals surface area (Å²) in [5.41, 5.74) is 0. The fraction of sp³-hybridized carbons (Fsp3) is 0.985. The Hall–Kier alpha value is -2.73. The summed E-state index contributed by atoms with van der Waals surface area (Å²) in [4.78, 5) is 12.5. The van der Waals surface area contributed by atoms with Crippen LogP contribution in [-0.4, -0.2) is 590 Å². The highest BCUT2D eigenvalue weighted by Crippen LogP contribution is 2.41. The van der Waals surface area contributed by atoms with Crippen LogP contribution in [0.2, 0.25) is 0 Å². The Kier molecular flexibility index (Phi) is 36.7. The van der Waals surface area contributed by atoms with Crippen LogP contribution in [0.3, 0.4) is 0 Å². The molecule has 11 rings (SSSR count). The van der Waals surface area contributed by atoms with E-state index in [0.717, 1.165) is 6.92 Å². The van der Waals surface area contributed by atoms with Crippen molar-refractivity contribution in [2.75, 3.05) is 72.7 Å². The smallest absolute Gasteiger partial charge is 0.217 e. The van der Waals surface area contributed by atoms with Gasteiger partial charge in [-0.2, -0.15) is 0 Å². The molecule has 57 nitrogen and oxygen atoms in total. The summed E-state index contributed by atoms with van der Waals surface area (Å²) in [5.74, 6) is -0.915. The molecule has 57 heteroatoms. The average molecular weight is 1840 g/mol. The summed E-state index contributed by atoms with van der Waals surface area (Å²) in [7, 11) is 0. The van der Waals surface area contributed by atoms with E-state index >= 15 is 0 Å². The maximum Gasteiger partial charge on any atom is 0.217 e. The van der Waals surface area contributed by atoms with E-state index in [1.165, 1.54) is 0 Å². The summed E-state index contributed by atoms with van der Waals surface area (Å²) in [5, 5.41) is 378. The molecule has 0 aromatic heterocycles. The van der Waals surface area contributed by atoms with Crippen LogP contribution in [0.15, 0.2) is 0 Å². The second kappa shape index (κ2) is 44.6. The predicted molar refractivity (Wildman–Crippen MR) is 374 cm³/mol. The van der Waals surface area contributed by atoms with Crippen LogP contribution in [0.1, 0.15) is 6.92 Å². The lowest BCUT2D eigenvalue weighted by molar-refractivity contribution is -0.409. The van der Waals surface area contributed by atoms with Crippen LogP contribution in [0.25, 0.3) is 0 Å². The van der Waals surface area contributed by atoms with E-state index in [0.29, 0.717) is 0 Å². The van der Waals surface area contributed by atoms with Crippen molar-refractivity contribution in [1.82, 2.24) is 5.32 Å². The van der Waals surface area contributed by atoms with E-state index in [4.69, 9.17) is 99.5 Å². The number of ether oxygens (including phenoxy) is 21. The van der Waals surface area contributed by atoms with Crippen molar-refractivity contribution >= 4 is 5.91 Å². The van der Waals surface area contributed by atoms with Gasteiger partial charge in [-0.15, -0.1) is 0 Å². The van der Waals surface area contributed by atoms with Gasteiger partial charge in [-0.05, 0) is 0 Å². The van der Waals surface area contributed by atoms with Gasteiger partial charge in [0, 0.05) is 6.92 Å². The summed E-state index contributed by atoms with van der Waals surface area (Å²) >= 11 is 0. The second-order valence-electron chi connectivity index (χ2n) is 31.7. The first-order chi connectivity index (χ1) is 59.2. The molecule has 35 N–H and O–H groups in total. The van der Waals surface area contributed by atoms with Gasteiger partial charge in [0.1, 0.15) is 269 Å². The molecule has 0 bridgehead atoms. The molecule has 11 aliphatic heterocycles. The zero-order valence-electron chi connectivity index (χ0n) is 65.7. The minimum absolute atomic E-state index is 0.915. The molecular formula is C68H115NO56. The van der Waals surface area contributed by atoms with Crippen molar-refractivity contribution in [1.29, 1.82) is 0 Å². The number of hydrogen-bond donors (Lipinski definition) is 35. The van der Waals surface area contributed by atoms with Crippen molar-refractivity contribution in [3.8, 4) is 0 Å². The zero-order chi connectivity index (χ0) is 91.7. The molecule has 728 valence electrons. The molecule has 11 heterocycles. The van der Waals surface area contributed by atoms with Gasteiger partial charge in [0.05, 0.1) is 72.7 Å². The topological polar surface area (TPSA) is 911 Å². The molecule has 125 heavy (non-hydrogen) atoms. The van der Waals surface area contributed by atoms with E-state index in [9.17, 15) is 178 Å². The van der Waals surface area contributed by atoms with Gasteiger partial charge in [0.2, 0.25) is 5.91 Å². The molecule has 0 aromatic carbocycles. The third-order valence-electron chi connectivity index (χ3n) is 23.3. The van der Waals surface area contributed by atoms with Gasteiger partial charge in [0.15, 0.2) is 69.2 Å². The first-order valence-corrected chi connectivity index (χ1v) is 39.7. The van der Waals surface area contributed by atoms with Gasteiger partial charge in [0.25, 0.3) is 0 Å². The molecule has 11 saturated heterocycles. The summed E-state index contributed by atoms with van der Waals surface area (Å²) in [6, 6.07) is -1.86. The summed E-state index contributed by atoms with van der Waals surface area (Å²) in [6.07, 6.45) is -118. The maximum atomic E-state index is 12.8. The first kappa shape index (κ1) is 103. The lowest BCUT2D eigenvalue weighted by atomic mass is 9.94. The van der Waals surface area contributed by atoms with Crippen molar-refractivity contribution in [2.24, 2.45) is 0 Å². The Balaban J connectivity index is 0.936. The van der Waals surface area contributed by atoms with Crippen molar-refractivity contribution in [3.05, 3.63) is 0 Å². The minimum Gasteiger partial charge on any atom is -0.394 e. The predicted octanol–water partition coefficient (Wildman–Crippen LogP) is -24.8. The molecule has 0 spiro atoms. The van der Waals surface area contributed by atoms with Crippen molar-refractivity contribution < 1.29 is 278 Å². The Bertz CT molecular complexity index is 3250. The highest BCUT2D eigenvalue weighted by atomic mass is 16.8. The van der Waals surface area contributed by atoms with Crippen molar-refractivity contribution in [3.63, 3.8) is 0 Å². The third-order valence-corrected chi connectivity index (χ3v) is 23.3. The first-order valence-electron chi connectivity index (χ1n) is 39.7. The van der Waals surface area contributed by atoms with E-state index in [1.807, 2.05) is 0 Å². The molecule has 0 saturated carbocycles. The minimum atomic E-state index is -2.68. The molecule has 0 radical (unpaired) electrons. The fourth-order valence-electron chi connectivity index (χ4n) is 15.9. The van der Waals surface area contributed by atoms with Gasteiger partial charge in [-0.3, -0.25) is 4.79 Å². The van der Waals surface area contributed by atoms with E-state index in [-0.39, 0.29) is 0 Å². The number of rotatable bonds is 32. The molecule has 0 aromatic rings. The molecule has 0 unspecified atom stereocenters. The number of aliphatic hydroxyl groups excluding tert-OH is 34. The standard InChI is InChI=1S/C68H115NO56/c1-13(77)69-25-36(88)52(20(8-76)109-58(25)104)120-65-51(103)54(35(87)24(118-65)11-107-61-50(102)53(121-62-47(99)38(90)27(79)15(3-71)111-62)34(86)23(117-61)12-108-66-55(42(94)30(82)18(6-74)114-66)123-63-48(100)39(91)28(80)16(4-72)112-63)122-68-57(125-67-56(43(95)31(83)19(7-75)115-67)124-64-49(101)40(92)29(81)17(5-73)113-64)44(96)33(85)22(119-68)10-106-60-46(98)41(93)32(84)21(116-60)9-105-59-45(97)37(89)26(78)14(2-70)110-59/h14-68,70-76,78-104H,2-12H2,1H3,(H,69,77)/t14-,15-,16-,17-,18-,19-,20-,21-,22-,23-,24-,25-,26-,27-,28-,29-,30-,31-,32-,33-,34-,35-,36-,37+,38+,39+,40+,41+,42+,43+,44+,45+,46+,47+,48+,49+,50+,51+,52-,53+,54+,55+,56+,57+,58-,59+,60+,61+,62-,63-,64-,65+,66+,67-,68-/m1/s1. The summed E-state index contributed by atoms with van der Waals surface area (Å²) < 4.78 is 122. The highest BCUT2D eigenvalue weighted by Gasteiger charge is 2.62. The molecular weight excluding hydrogens is 1730 g/mol. The lowest BCUT2D eigenvalue weighted by Gasteiger charge is -2.50. The number of aliphatic hydroxyl groups is 34. The van der Waals surface area contributed by atoms with Crippen LogP contribution < -0.4 is 5.32 Å². The largest absolute Gasteiger partial charge is 0.394 e. The number of carbonyl (C=O) groups excluding carboxylic acids is 1. The molecule has 11 aliphatic rings. The van der Waals surface area contributed by atoms with Crippen LogP contribution in [0.5, 0.6) is 0 Å². The monoisotopic (exact) mass is 1840 g/mol. The summed E-state index contributed by atoms with van der Waals surface area (Å²) in [6.45, 7) is -11.2. The molecule has 11 fully saturated rings. The normalized spacial score (nSPS) is 52.7. The second-order valence-corrected chi connectivity index (χ2v) is 31.7. The number of amides is 1. The van der Waals surface area contributed by atoms with Gasteiger partial charge < -0.3 is 278 Å². The van der Waals surface area contributed by atoms with Crippen molar-refractivity contribution in [2.45, 2.75) is 345 Å². The Morgan fingerprint density at radius 2 is 0.424 bits per heavy atom. The third kappa shape index (κ3) is 22.1. The van der Waals surface area contributed by atoms with Crippen LogP contribution in [0.4, 0.5) is 0 Å². The van der Waals surface area contributed by atoms with Crippen LogP contribution in [-0.2, 0) is 104 Å². The number of nitrogens with one attached hydrogen (secondary N) is 1. The van der Waals surface area contributed by atoms with Gasteiger partial charge >= 0.3 is 0 Å². The van der Waals surface area contributed by atoms with E-state index in [1.54, 1.807) is 0 Å². The average Bonchev–Trinajstić information content (AvgIpc) is 0.772. The van der Waals surface area contributed by atoms with E-state index in [2.05, 4.69) is 5.32 Å². The lowest BCUT2D eigenvalue weighted by Crippen LogP contribution is -2.69. The van der Waals surface area contributed by atoms with Gasteiger partial charge in [-0.25, -0.2) is 0 Å². The van der Waals surface area contributed by atoms with Gasteiger partial charge in [-0.1, -0.05) is 0 Å². The Morgan fingerprint density at radius 3 is 0.784 bits per heavy atom. The molecule has 0 aliphatic carbocycles. The van der Waals surface area contributed by atoms with Crippen LogP contribution >= 0.6 is 0 Å². The Labute approximate surface area is 704 Å². The molecule has 55 atom stereocenters. The van der Waals surface area contributed by atoms with E-state index < -0.39 is 416 Å². The fourth-order valence-corrected chi connectivity index (χ4v) is 15.9. The quantitative estimate of drug-likeness (QED) is 0.0297. The zero-order valence-corrected chi connectivity index (χ0v) is 65.7. The Morgan fingerprint density at radius 1 is 0.208 bits per heavy atom. The number of carbonyl (C=O) groups is 1. The highest BCUT2D eigenvalue weighted by molar-refractivity contribution is 5.73. The number of hydrogen-bond acceptors (Lipinski definition) is 56. The SMILES string of the molecule is CC(=O)N[C@@H]1[C@@H](O)[C@H](O[C@@H]2O[C@H](CO[C@H]3O[C@H](CO[C@H]4O[C@H](CO)[C@@H](O)[C@H](O)[C@@H]4O[C@H]4O[C@H](CO)[C@@H](O)[C@H](O)[C@@H]4O)[C@@H](O)[C@H](O[C@H]4O[C@H](CO)[C@@H](O)[C@H](O)[C@@H]4O)[C@@H]3O)[C@@H](O)[C@H](O[C@H]3O[C@H](CO[C@H]4O[C@H](CO[C@H]5O[C@H](CO)[C@@H](O)[C@H](O)[C@@H]5O)[C@@H](O)[C@H](O)[C@@H]4O)[C@@H](O)[C@H](O)[C@@H]3O[C@H]3O[C@H](CO)[C@@H](O)[C@H](O)[C@@H]3O[C@H]3O[C@H](CO)[C@@H](O)[C@H](O)[C@@H]3O)[C@@H]2O)[C@@H](CO)O[C@H]1O. The van der Waals surface area contributed by atoms with Crippen LogP contribution in [0, 0.1) is 0 Å². The maximum absolute atomic E-state index is 12.8. The molecule has 1 amide bonds.